The third kappa shape index (κ3) is 9.09. The van der Waals surface area contributed by atoms with Gasteiger partial charge in [0.1, 0.15) is 17.2 Å². The summed E-state index contributed by atoms with van der Waals surface area (Å²) in [6.07, 6.45) is 3.58. The Balaban J connectivity index is 1.08. The van der Waals surface area contributed by atoms with Crippen molar-refractivity contribution >= 4 is 66.9 Å². The molecular formula is C48H52BrClN6O4S. The summed E-state index contributed by atoms with van der Waals surface area (Å²) in [6.45, 7) is 6.03. The molecule has 0 radical (unpaired) electrons. The Morgan fingerprint density at radius 3 is 2.46 bits per heavy atom. The van der Waals surface area contributed by atoms with E-state index in [1.807, 2.05) is 72.3 Å². The predicted molar refractivity (Wildman–Crippen MR) is 249 cm³/mol. The fourth-order valence-corrected chi connectivity index (χ4v) is 10.1. The first-order valence-corrected chi connectivity index (χ1v) is 23.3. The van der Waals surface area contributed by atoms with E-state index in [-0.39, 0.29) is 12.6 Å². The van der Waals surface area contributed by atoms with E-state index in [0.717, 1.165) is 108 Å². The summed E-state index contributed by atoms with van der Waals surface area (Å²) in [5.41, 5.74) is 9.56. The summed E-state index contributed by atoms with van der Waals surface area (Å²) < 4.78 is 23.5. The molecule has 1 aliphatic carbocycles. The first-order valence-electron chi connectivity index (χ1n) is 20.8. The van der Waals surface area contributed by atoms with E-state index >= 15 is 0 Å². The van der Waals surface area contributed by atoms with Crippen LogP contribution in [0.25, 0.3) is 32.8 Å². The third-order valence-corrected chi connectivity index (χ3v) is 13.6. The van der Waals surface area contributed by atoms with Crippen LogP contribution in [0.4, 0.5) is 0 Å². The fourth-order valence-electron chi connectivity index (χ4n) is 8.36. The zero-order valence-electron chi connectivity index (χ0n) is 35.6. The first kappa shape index (κ1) is 42.9. The Hall–Kier alpha value is -4.75. The summed E-state index contributed by atoms with van der Waals surface area (Å²) >= 11 is 12.6. The number of thioether (sulfide) groups is 1. The molecule has 0 aliphatic heterocycles. The van der Waals surface area contributed by atoms with Crippen LogP contribution in [0.3, 0.4) is 0 Å². The van der Waals surface area contributed by atoms with Crippen LogP contribution in [0.5, 0.6) is 11.5 Å². The normalized spacial score (nSPS) is 12.9. The molecule has 0 atom stereocenters. The van der Waals surface area contributed by atoms with E-state index in [9.17, 15) is 4.79 Å². The SMILES string of the molecule is CCOC(=O)c1c(CCCOc2cc(SCc3ccc(OC)cc3)cc3ccccc23)c2ccc(Cl)c(-c3c(CN(Cc4cc(CBr)n(C)n4)C4CC4)nn(C)c3C)c2n1C. The monoisotopic (exact) mass is 922 g/mol. The van der Waals surface area contributed by atoms with Crippen molar-refractivity contribution in [3.63, 3.8) is 0 Å². The van der Waals surface area contributed by atoms with Crippen molar-refractivity contribution in [2.24, 2.45) is 21.1 Å². The van der Waals surface area contributed by atoms with Crippen LogP contribution in [-0.2, 0) is 56.5 Å². The Bertz CT molecular complexity index is 2700. The molecule has 0 N–H and O–H groups in total. The summed E-state index contributed by atoms with van der Waals surface area (Å²) in [7, 11) is 7.60. The van der Waals surface area contributed by atoms with Gasteiger partial charge in [-0.15, -0.1) is 11.8 Å². The molecule has 61 heavy (non-hydrogen) atoms. The summed E-state index contributed by atoms with van der Waals surface area (Å²) in [5.74, 6) is 2.17. The molecule has 1 saturated carbocycles. The van der Waals surface area contributed by atoms with Crippen molar-refractivity contribution in [1.29, 1.82) is 0 Å². The molecule has 0 unspecified atom stereocenters. The third-order valence-electron chi connectivity index (χ3n) is 11.7. The second-order valence-corrected chi connectivity index (χ2v) is 17.7. The molecule has 7 aromatic rings. The molecule has 0 bridgehead atoms. The van der Waals surface area contributed by atoms with Crippen molar-refractivity contribution in [2.75, 3.05) is 20.3 Å². The van der Waals surface area contributed by atoms with Crippen LogP contribution in [0.1, 0.15) is 70.6 Å². The van der Waals surface area contributed by atoms with Gasteiger partial charge in [0.15, 0.2) is 0 Å². The van der Waals surface area contributed by atoms with E-state index in [0.29, 0.717) is 42.8 Å². The van der Waals surface area contributed by atoms with E-state index in [1.54, 1.807) is 18.9 Å². The molecule has 3 heterocycles. The lowest BCUT2D eigenvalue weighted by molar-refractivity contribution is 0.0514. The fraction of sp³-hybridized carbons (Fsp3) is 0.354. The number of halogens is 2. The molecule has 0 spiro atoms. The van der Waals surface area contributed by atoms with Crippen LogP contribution >= 0.6 is 39.3 Å². The van der Waals surface area contributed by atoms with Crippen LogP contribution < -0.4 is 9.47 Å². The van der Waals surface area contributed by atoms with Gasteiger partial charge in [-0.1, -0.05) is 70.0 Å². The van der Waals surface area contributed by atoms with Crippen LogP contribution in [0.2, 0.25) is 5.02 Å². The number of ether oxygens (including phenoxy) is 3. The minimum atomic E-state index is -0.354. The smallest absolute Gasteiger partial charge is 0.355 e. The Morgan fingerprint density at radius 2 is 1.74 bits per heavy atom. The lowest BCUT2D eigenvalue weighted by Crippen LogP contribution is -2.26. The summed E-state index contributed by atoms with van der Waals surface area (Å²) in [5, 5.41) is 14.4. The molecule has 8 rings (SSSR count). The van der Waals surface area contributed by atoms with Crippen LogP contribution in [0, 0.1) is 6.92 Å². The Labute approximate surface area is 375 Å². The Morgan fingerprint density at radius 1 is 0.951 bits per heavy atom. The predicted octanol–water partition coefficient (Wildman–Crippen LogP) is 11.0. The number of carbonyl (C=O) groups excluding carboxylic acids is 1. The van der Waals surface area contributed by atoms with Gasteiger partial charge < -0.3 is 18.8 Å². The highest BCUT2D eigenvalue weighted by Crippen LogP contribution is 2.43. The summed E-state index contributed by atoms with van der Waals surface area (Å²) in [4.78, 5) is 17.5. The lowest BCUT2D eigenvalue weighted by atomic mass is 9.97. The number of methoxy groups -OCH3 is 1. The number of alkyl halides is 1. The number of benzene rings is 4. The average Bonchev–Trinajstić information content (AvgIpc) is 3.92. The zero-order valence-corrected chi connectivity index (χ0v) is 38.8. The number of fused-ring (bicyclic) bond motifs is 2. The van der Waals surface area contributed by atoms with E-state index in [1.165, 1.54) is 5.56 Å². The highest BCUT2D eigenvalue weighted by atomic mass is 79.9. The van der Waals surface area contributed by atoms with Crippen molar-refractivity contribution in [3.8, 4) is 22.6 Å². The minimum Gasteiger partial charge on any atom is -0.497 e. The first-order chi connectivity index (χ1) is 29.6. The maximum Gasteiger partial charge on any atom is 0.355 e. The van der Waals surface area contributed by atoms with Gasteiger partial charge in [0.2, 0.25) is 0 Å². The molecule has 1 fully saturated rings. The second kappa shape index (κ2) is 18.7. The maximum atomic E-state index is 13.9. The average molecular weight is 924 g/mol. The Kier molecular flexibility index (Phi) is 13.2. The van der Waals surface area contributed by atoms with E-state index in [2.05, 4.69) is 76.3 Å². The molecule has 10 nitrogen and oxygen atoms in total. The summed E-state index contributed by atoms with van der Waals surface area (Å²) in [6, 6.07) is 27.5. The van der Waals surface area contributed by atoms with Gasteiger partial charge in [-0.05, 0) is 92.4 Å². The topological polar surface area (TPSA) is 88.6 Å². The second-order valence-electron chi connectivity index (χ2n) is 15.7. The molecular weight excluding hydrogens is 872 g/mol. The van der Waals surface area contributed by atoms with Gasteiger partial charge in [-0.3, -0.25) is 14.3 Å². The highest BCUT2D eigenvalue weighted by Gasteiger charge is 2.33. The largest absolute Gasteiger partial charge is 0.497 e. The number of esters is 1. The molecule has 0 amide bonds. The van der Waals surface area contributed by atoms with Crippen molar-refractivity contribution in [3.05, 3.63) is 123 Å². The molecule has 1 aliphatic rings. The number of carbonyl (C=O) groups is 1. The van der Waals surface area contributed by atoms with Gasteiger partial charge in [0.25, 0.3) is 0 Å². The number of nitrogens with zero attached hydrogens (tertiary/aromatic N) is 6. The van der Waals surface area contributed by atoms with Gasteiger partial charge in [-0.2, -0.15) is 10.2 Å². The van der Waals surface area contributed by atoms with Crippen molar-refractivity contribution < 1.29 is 19.0 Å². The van der Waals surface area contributed by atoms with E-state index < -0.39 is 0 Å². The number of hydrogen-bond donors (Lipinski definition) is 0. The minimum absolute atomic E-state index is 0.271. The van der Waals surface area contributed by atoms with Crippen molar-refractivity contribution in [2.45, 2.75) is 74.6 Å². The van der Waals surface area contributed by atoms with Gasteiger partial charge in [0.05, 0.1) is 42.3 Å². The van der Waals surface area contributed by atoms with Gasteiger partial charge in [0, 0.05) is 89.5 Å². The maximum absolute atomic E-state index is 13.9. The number of hydrogen-bond acceptors (Lipinski definition) is 8. The number of rotatable bonds is 18. The van der Waals surface area contributed by atoms with Crippen LogP contribution in [-0.4, -0.2) is 61.4 Å². The van der Waals surface area contributed by atoms with Gasteiger partial charge >= 0.3 is 5.97 Å². The quantitative estimate of drug-likeness (QED) is 0.0364. The number of aromatic nitrogens is 5. The highest BCUT2D eigenvalue weighted by molar-refractivity contribution is 9.08. The van der Waals surface area contributed by atoms with Crippen LogP contribution in [0.15, 0.2) is 83.8 Å². The molecule has 4 aromatic carbocycles. The molecule has 3 aromatic heterocycles. The molecule has 13 heteroatoms. The number of aryl methyl sites for hydroxylation is 4. The molecule has 318 valence electrons. The van der Waals surface area contributed by atoms with Gasteiger partial charge in [-0.25, -0.2) is 4.79 Å². The standard InChI is InChI=1S/C48H52BrClN6O4S/c1-7-59-48(57)47-39(13-10-22-60-43-25-37(23-32-11-8-9-12-38(32)43)61-29-31-14-18-36(58-6)19-15-31)40-20-21-41(50)45(46(40)53(47)3)44-30(2)54(4)52-42(44)28-56(34-16-17-34)27-33-24-35(26-49)55(5)51-33/h8-9,11-12,14-15,18-21,23-25,34H,7,10,13,16-17,22,26-29H2,1-6H3. The lowest BCUT2D eigenvalue weighted by Gasteiger charge is -2.21. The molecule has 0 saturated heterocycles. The van der Waals surface area contributed by atoms with E-state index in [4.69, 9.17) is 36.0 Å². The van der Waals surface area contributed by atoms with Crippen molar-refractivity contribution in [1.82, 2.24) is 29.0 Å². The zero-order chi connectivity index (χ0) is 42.8.